The SMILES string of the molecule is CCCCCCCCCCCC(=O)OCCOCCOCCOC(=O)CCCCC. The van der Waals surface area contributed by atoms with Crippen LogP contribution in [-0.4, -0.2) is 51.6 Å². The molecule has 178 valence electrons. The van der Waals surface area contributed by atoms with Crippen molar-refractivity contribution >= 4 is 11.9 Å². The van der Waals surface area contributed by atoms with Gasteiger partial charge in [-0.2, -0.15) is 0 Å². The Labute approximate surface area is 184 Å². The molecule has 30 heavy (non-hydrogen) atoms. The highest BCUT2D eigenvalue weighted by molar-refractivity contribution is 5.69. The molecular weight excluding hydrogens is 384 g/mol. The first-order valence-corrected chi connectivity index (χ1v) is 12.2. The summed E-state index contributed by atoms with van der Waals surface area (Å²) in [6.07, 6.45) is 15.1. The minimum absolute atomic E-state index is 0.140. The summed E-state index contributed by atoms with van der Waals surface area (Å²) in [6, 6.07) is 0. The maximum atomic E-state index is 11.7. The molecule has 0 aromatic rings. The third-order valence-corrected chi connectivity index (χ3v) is 4.82. The number of carbonyl (C=O) groups is 2. The molecule has 0 aromatic heterocycles. The molecule has 0 bridgehead atoms. The van der Waals surface area contributed by atoms with Gasteiger partial charge in [0.2, 0.25) is 0 Å². The molecule has 0 amide bonds. The third kappa shape index (κ3) is 23.1. The van der Waals surface area contributed by atoms with Gasteiger partial charge in [0.25, 0.3) is 0 Å². The van der Waals surface area contributed by atoms with Gasteiger partial charge in [0.15, 0.2) is 0 Å². The van der Waals surface area contributed by atoms with Gasteiger partial charge in [-0.05, 0) is 12.8 Å². The van der Waals surface area contributed by atoms with Crippen molar-refractivity contribution in [3.63, 3.8) is 0 Å². The third-order valence-electron chi connectivity index (χ3n) is 4.82. The molecule has 0 radical (unpaired) electrons. The summed E-state index contributed by atoms with van der Waals surface area (Å²) < 4.78 is 20.9. The lowest BCUT2D eigenvalue weighted by Crippen LogP contribution is -2.15. The molecule has 0 aliphatic rings. The standard InChI is InChI=1S/C24H46O6/c1-3-5-7-8-9-10-11-12-14-16-24(26)30-22-20-28-18-17-27-19-21-29-23(25)15-13-6-4-2/h3-22H2,1-2H3. The van der Waals surface area contributed by atoms with Crippen LogP contribution in [0, 0.1) is 0 Å². The van der Waals surface area contributed by atoms with Crippen molar-refractivity contribution in [1.29, 1.82) is 0 Å². The molecule has 6 heteroatoms. The van der Waals surface area contributed by atoms with Crippen molar-refractivity contribution in [2.45, 2.75) is 104 Å². The highest BCUT2D eigenvalue weighted by Crippen LogP contribution is 2.10. The summed E-state index contributed by atoms with van der Waals surface area (Å²) in [7, 11) is 0. The minimum Gasteiger partial charge on any atom is -0.463 e. The van der Waals surface area contributed by atoms with Crippen LogP contribution in [0.25, 0.3) is 0 Å². The summed E-state index contributed by atoms with van der Waals surface area (Å²) in [5.41, 5.74) is 0. The van der Waals surface area contributed by atoms with E-state index in [9.17, 15) is 9.59 Å². The zero-order valence-electron chi connectivity index (χ0n) is 19.6. The number of hydrogen-bond acceptors (Lipinski definition) is 6. The molecular formula is C24H46O6. The Kier molecular flexibility index (Phi) is 23.2. The van der Waals surface area contributed by atoms with Crippen LogP contribution in [0.4, 0.5) is 0 Å². The maximum Gasteiger partial charge on any atom is 0.305 e. The molecule has 0 atom stereocenters. The van der Waals surface area contributed by atoms with E-state index in [2.05, 4.69) is 13.8 Å². The van der Waals surface area contributed by atoms with Crippen LogP contribution < -0.4 is 0 Å². The van der Waals surface area contributed by atoms with E-state index in [0.29, 0.717) is 39.3 Å². The molecule has 0 heterocycles. The molecule has 0 fully saturated rings. The van der Waals surface area contributed by atoms with E-state index < -0.39 is 0 Å². The van der Waals surface area contributed by atoms with Gasteiger partial charge in [0, 0.05) is 12.8 Å². The smallest absolute Gasteiger partial charge is 0.305 e. The van der Waals surface area contributed by atoms with E-state index in [1.165, 1.54) is 44.9 Å². The van der Waals surface area contributed by atoms with E-state index in [4.69, 9.17) is 18.9 Å². The molecule has 0 aromatic carbocycles. The number of ether oxygens (including phenoxy) is 4. The summed E-state index contributed by atoms with van der Waals surface area (Å²) in [6.45, 7) is 6.51. The Bertz CT molecular complexity index is 386. The number of hydrogen-bond donors (Lipinski definition) is 0. The lowest BCUT2D eigenvalue weighted by Gasteiger charge is -2.08. The van der Waals surface area contributed by atoms with Crippen LogP contribution >= 0.6 is 0 Å². The number of rotatable bonds is 23. The number of esters is 2. The Morgan fingerprint density at radius 2 is 0.800 bits per heavy atom. The van der Waals surface area contributed by atoms with Crippen LogP contribution in [0.3, 0.4) is 0 Å². The molecule has 0 saturated heterocycles. The van der Waals surface area contributed by atoms with Crippen LogP contribution in [0.1, 0.15) is 104 Å². The van der Waals surface area contributed by atoms with E-state index in [1.807, 2.05) is 0 Å². The summed E-state index contributed by atoms with van der Waals surface area (Å²) in [4.78, 5) is 23.0. The Morgan fingerprint density at radius 3 is 1.27 bits per heavy atom. The van der Waals surface area contributed by atoms with Crippen molar-refractivity contribution in [2.24, 2.45) is 0 Å². The van der Waals surface area contributed by atoms with Crippen molar-refractivity contribution in [1.82, 2.24) is 0 Å². The van der Waals surface area contributed by atoms with Gasteiger partial charge in [0.05, 0.1) is 26.4 Å². The van der Waals surface area contributed by atoms with E-state index in [1.54, 1.807) is 0 Å². The molecule has 0 aliphatic carbocycles. The fourth-order valence-corrected chi connectivity index (χ4v) is 2.99. The molecule has 6 nitrogen and oxygen atoms in total. The fraction of sp³-hybridized carbons (Fsp3) is 0.917. The van der Waals surface area contributed by atoms with Crippen molar-refractivity contribution in [3.05, 3.63) is 0 Å². The molecule has 0 saturated carbocycles. The summed E-state index contributed by atoms with van der Waals surface area (Å²) >= 11 is 0. The van der Waals surface area contributed by atoms with Crippen molar-refractivity contribution in [2.75, 3.05) is 39.6 Å². The highest BCUT2D eigenvalue weighted by Gasteiger charge is 2.03. The molecule has 0 rings (SSSR count). The van der Waals surface area contributed by atoms with Gasteiger partial charge < -0.3 is 18.9 Å². The topological polar surface area (TPSA) is 71.1 Å². The van der Waals surface area contributed by atoms with Crippen LogP contribution in [0.2, 0.25) is 0 Å². The van der Waals surface area contributed by atoms with Crippen molar-refractivity contribution < 1.29 is 28.5 Å². The second kappa shape index (κ2) is 24.1. The van der Waals surface area contributed by atoms with Gasteiger partial charge in [0.1, 0.15) is 13.2 Å². The Morgan fingerprint density at radius 1 is 0.467 bits per heavy atom. The van der Waals surface area contributed by atoms with Gasteiger partial charge in [-0.3, -0.25) is 9.59 Å². The molecule has 0 aliphatic heterocycles. The normalized spacial score (nSPS) is 10.9. The van der Waals surface area contributed by atoms with Crippen LogP contribution in [0.15, 0.2) is 0 Å². The average molecular weight is 431 g/mol. The monoisotopic (exact) mass is 430 g/mol. The van der Waals surface area contributed by atoms with Gasteiger partial charge in [-0.15, -0.1) is 0 Å². The van der Waals surface area contributed by atoms with Crippen molar-refractivity contribution in [3.8, 4) is 0 Å². The maximum absolute atomic E-state index is 11.7. The second-order valence-electron chi connectivity index (χ2n) is 7.70. The lowest BCUT2D eigenvalue weighted by molar-refractivity contribution is -0.147. The Balaban J connectivity index is 3.22. The first-order chi connectivity index (χ1) is 14.7. The quantitative estimate of drug-likeness (QED) is 0.155. The van der Waals surface area contributed by atoms with E-state index >= 15 is 0 Å². The van der Waals surface area contributed by atoms with Crippen LogP contribution in [-0.2, 0) is 28.5 Å². The zero-order valence-corrected chi connectivity index (χ0v) is 19.6. The van der Waals surface area contributed by atoms with E-state index in [0.717, 1.165) is 32.1 Å². The number of unbranched alkanes of at least 4 members (excludes halogenated alkanes) is 10. The van der Waals surface area contributed by atoms with Gasteiger partial charge >= 0.3 is 11.9 Å². The zero-order chi connectivity index (χ0) is 22.1. The average Bonchev–Trinajstić information content (AvgIpc) is 2.74. The molecule has 0 unspecified atom stereocenters. The first-order valence-electron chi connectivity index (χ1n) is 12.2. The fourth-order valence-electron chi connectivity index (χ4n) is 2.99. The first kappa shape index (κ1) is 28.9. The second-order valence-corrected chi connectivity index (χ2v) is 7.70. The summed E-state index contributed by atoms with van der Waals surface area (Å²) in [5, 5.41) is 0. The number of carbonyl (C=O) groups excluding carboxylic acids is 2. The lowest BCUT2D eigenvalue weighted by atomic mass is 10.1. The van der Waals surface area contributed by atoms with Gasteiger partial charge in [-0.25, -0.2) is 0 Å². The minimum atomic E-state index is -0.160. The highest BCUT2D eigenvalue weighted by atomic mass is 16.6. The predicted octanol–water partition coefficient (Wildman–Crippen LogP) is 5.61. The Hall–Kier alpha value is -1.14. The molecule has 0 spiro atoms. The van der Waals surface area contributed by atoms with Crippen LogP contribution in [0.5, 0.6) is 0 Å². The predicted molar refractivity (Wildman–Crippen MR) is 120 cm³/mol. The van der Waals surface area contributed by atoms with Gasteiger partial charge in [-0.1, -0.05) is 78.1 Å². The van der Waals surface area contributed by atoms with E-state index in [-0.39, 0.29) is 25.2 Å². The molecule has 0 N–H and O–H groups in total. The summed E-state index contributed by atoms with van der Waals surface area (Å²) in [5.74, 6) is -0.300. The largest absolute Gasteiger partial charge is 0.463 e.